The van der Waals surface area contributed by atoms with E-state index in [9.17, 15) is 4.79 Å². The Morgan fingerprint density at radius 3 is 2.68 bits per heavy atom. The molecule has 2 aliphatic rings. The van der Waals surface area contributed by atoms with E-state index in [1.54, 1.807) is 0 Å². The first-order chi connectivity index (χ1) is 12.1. The second-order valence-electron chi connectivity index (χ2n) is 7.02. The third-order valence-corrected chi connectivity index (χ3v) is 5.19. The van der Waals surface area contributed by atoms with E-state index in [0.29, 0.717) is 17.4 Å². The van der Waals surface area contributed by atoms with Gasteiger partial charge in [0, 0.05) is 28.2 Å². The van der Waals surface area contributed by atoms with Crippen LogP contribution in [0.5, 0.6) is 0 Å². The molecule has 2 aliphatic carbocycles. The van der Waals surface area contributed by atoms with Gasteiger partial charge in [-0.05, 0) is 50.0 Å². The average molecular weight is 329 g/mol. The average Bonchev–Trinajstić information content (AvgIpc) is 3.26. The van der Waals surface area contributed by atoms with E-state index in [1.807, 2.05) is 25.3 Å². The Balaban J connectivity index is 1.78. The number of nitrogens with one attached hydrogen (secondary N) is 2. The highest BCUT2D eigenvalue weighted by atomic mass is 16.1. The lowest BCUT2D eigenvalue weighted by molar-refractivity contribution is 0.106. The Morgan fingerprint density at radius 1 is 1.12 bits per heavy atom. The number of nitrogens with zero attached hydrogens (tertiary/aromatic N) is 1. The maximum absolute atomic E-state index is 12.8. The molecule has 0 radical (unpaired) electrons. The number of rotatable bonds is 2. The Kier molecular flexibility index (Phi) is 2.93. The number of para-hydroxylation sites is 1. The van der Waals surface area contributed by atoms with E-state index in [2.05, 4.69) is 40.1 Å². The molecule has 0 bridgehead atoms. The molecule has 2 heterocycles. The lowest BCUT2D eigenvalue weighted by Crippen LogP contribution is -2.20. The largest absolute Gasteiger partial charge is 0.358 e. The molecule has 1 aromatic carbocycles. The SMILES string of the molecule is Cc1c[nH]c2c1C(c1[nH]c3ccccc3c1C)=CC(=NC1CC1)C2=O. The molecule has 124 valence electrons. The topological polar surface area (TPSA) is 61.0 Å². The van der Waals surface area contributed by atoms with Crippen LogP contribution in [-0.4, -0.2) is 27.5 Å². The van der Waals surface area contributed by atoms with Gasteiger partial charge in [0.25, 0.3) is 0 Å². The summed E-state index contributed by atoms with van der Waals surface area (Å²) in [4.78, 5) is 24.2. The van der Waals surface area contributed by atoms with Gasteiger partial charge in [0.2, 0.25) is 5.78 Å². The summed E-state index contributed by atoms with van der Waals surface area (Å²) in [5, 5.41) is 1.21. The molecular formula is C21H19N3O. The number of Topliss-reactive ketones (excluding diaryl/α,β-unsaturated/α-hetero) is 1. The molecule has 2 N–H and O–H groups in total. The molecule has 0 atom stereocenters. The zero-order chi connectivity index (χ0) is 17.1. The third kappa shape index (κ3) is 2.14. The number of hydrogen-bond donors (Lipinski definition) is 2. The van der Waals surface area contributed by atoms with Gasteiger partial charge in [-0.2, -0.15) is 0 Å². The summed E-state index contributed by atoms with van der Waals surface area (Å²) in [6, 6.07) is 8.62. The fourth-order valence-corrected chi connectivity index (χ4v) is 3.70. The van der Waals surface area contributed by atoms with Crippen molar-refractivity contribution in [3.63, 3.8) is 0 Å². The van der Waals surface area contributed by atoms with Gasteiger partial charge in [0.05, 0.1) is 17.4 Å². The number of aliphatic imine (C=N–C) groups is 1. The van der Waals surface area contributed by atoms with Gasteiger partial charge in [0.15, 0.2) is 0 Å². The van der Waals surface area contributed by atoms with Crippen molar-refractivity contribution in [3.8, 4) is 0 Å². The number of ketones is 1. The second-order valence-corrected chi connectivity index (χ2v) is 7.02. The lowest BCUT2D eigenvalue weighted by Gasteiger charge is -2.16. The molecule has 0 spiro atoms. The van der Waals surface area contributed by atoms with Crippen LogP contribution < -0.4 is 0 Å². The fourth-order valence-electron chi connectivity index (χ4n) is 3.70. The second kappa shape index (κ2) is 5.06. The standard InChI is InChI=1S/C21H19N3O/c1-11-10-22-20-18(11)15(9-17(21(20)25)23-13-7-8-13)19-12(2)14-5-3-4-6-16(14)24-19/h3-6,9-10,13,22,24H,7-8H2,1-2H3. The summed E-state index contributed by atoms with van der Waals surface area (Å²) < 4.78 is 0. The van der Waals surface area contributed by atoms with E-state index in [4.69, 9.17) is 0 Å². The molecule has 1 saturated carbocycles. The summed E-state index contributed by atoms with van der Waals surface area (Å²) in [5.74, 6) is 0.00696. The molecule has 0 unspecified atom stereocenters. The molecule has 3 aromatic rings. The number of allylic oxidation sites excluding steroid dienone is 1. The summed E-state index contributed by atoms with van der Waals surface area (Å²) in [5.41, 5.74) is 7.75. The molecule has 4 heteroatoms. The van der Waals surface area contributed by atoms with Crippen LogP contribution in [0.3, 0.4) is 0 Å². The van der Waals surface area contributed by atoms with Gasteiger partial charge in [-0.15, -0.1) is 0 Å². The predicted octanol–water partition coefficient (Wildman–Crippen LogP) is 4.34. The van der Waals surface area contributed by atoms with Crippen LogP contribution >= 0.6 is 0 Å². The highest BCUT2D eigenvalue weighted by molar-refractivity contribution is 6.52. The number of carbonyl (C=O) groups is 1. The van der Waals surface area contributed by atoms with Crippen molar-refractivity contribution in [2.75, 3.05) is 0 Å². The van der Waals surface area contributed by atoms with Gasteiger partial charge < -0.3 is 9.97 Å². The van der Waals surface area contributed by atoms with E-state index in [1.165, 1.54) is 10.9 Å². The van der Waals surface area contributed by atoms with Crippen LogP contribution in [0.2, 0.25) is 0 Å². The highest BCUT2D eigenvalue weighted by Crippen LogP contribution is 2.37. The molecule has 1 fully saturated rings. The zero-order valence-electron chi connectivity index (χ0n) is 14.3. The van der Waals surface area contributed by atoms with Crippen molar-refractivity contribution < 1.29 is 4.79 Å². The Morgan fingerprint density at radius 2 is 1.92 bits per heavy atom. The van der Waals surface area contributed by atoms with Gasteiger partial charge in [0.1, 0.15) is 5.71 Å². The summed E-state index contributed by atoms with van der Waals surface area (Å²) >= 11 is 0. The minimum absolute atomic E-state index is 0.00696. The predicted molar refractivity (Wildman–Crippen MR) is 100 cm³/mol. The minimum Gasteiger partial charge on any atom is -0.358 e. The number of aromatic amines is 2. The molecule has 0 amide bonds. The van der Waals surface area contributed by atoms with Gasteiger partial charge in [-0.1, -0.05) is 18.2 Å². The third-order valence-electron chi connectivity index (χ3n) is 5.19. The number of hydrogen-bond acceptors (Lipinski definition) is 2. The molecule has 4 nitrogen and oxygen atoms in total. The van der Waals surface area contributed by atoms with Crippen LogP contribution in [-0.2, 0) is 0 Å². The summed E-state index contributed by atoms with van der Waals surface area (Å²) in [6.07, 6.45) is 6.06. The van der Waals surface area contributed by atoms with Crippen molar-refractivity contribution in [1.29, 1.82) is 0 Å². The minimum atomic E-state index is 0.00696. The van der Waals surface area contributed by atoms with Crippen LogP contribution in [0.25, 0.3) is 16.5 Å². The maximum Gasteiger partial charge on any atom is 0.227 e. The molecule has 0 aliphatic heterocycles. The Labute approximate surface area is 145 Å². The van der Waals surface area contributed by atoms with Crippen molar-refractivity contribution in [3.05, 3.63) is 64.6 Å². The summed E-state index contributed by atoms with van der Waals surface area (Å²) in [7, 11) is 0. The van der Waals surface area contributed by atoms with E-state index in [0.717, 1.165) is 40.8 Å². The molecule has 2 aromatic heterocycles. The quantitative estimate of drug-likeness (QED) is 0.721. The van der Waals surface area contributed by atoms with Crippen LogP contribution in [0, 0.1) is 13.8 Å². The highest BCUT2D eigenvalue weighted by Gasteiger charge is 2.31. The fraction of sp³-hybridized carbons (Fsp3) is 0.238. The smallest absolute Gasteiger partial charge is 0.227 e. The molecular weight excluding hydrogens is 310 g/mol. The first kappa shape index (κ1) is 14.5. The van der Waals surface area contributed by atoms with E-state index < -0.39 is 0 Å². The van der Waals surface area contributed by atoms with Crippen molar-refractivity contribution >= 4 is 28.0 Å². The normalized spacial score (nSPS) is 18.7. The van der Waals surface area contributed by atoms with Gasteiger partial charge in [-0.3, -0.25) is 9.79 Å². The number of H-pyrrole nitrogens is 2. The van der Waals surface area contributed by atoms with Crippen molar-refractivity contribution in [2.45, 2.75) is 32.7 Å². The lowest BCUT2D eigenvalue weighted by atomic mass is 9.88. The van der Waals surface area contributed by atoms with Crippen LogP contribution in [0.4, 0.5) is 0 Å². The van der Waals surface area contributed by atoms with E-state index in [-0.39, 0.29) is 5.78 Å². The van der Waals surface area contributed by atoms with Crippen LogP contribution in [0.1, 0.15) is 45.7 Å². The van der Waals surface area contributed by atoms with Gasteiger partial charge >= 0.3 is 0 Å². The zero-order valence-corrected chi connectivity index (χ0v) is 14.3. The van der Waals surface area contributed by atoms with Crippen molar-refractivity contribution in [2.24, 2.45) is 4.99 Å². The van der Waals surface area contributed by atoms with Crippen molar-refractivity contribution in [1.82, 2.24) is 9.97 Å². The summed E-state index contributed by atoms with van der Waals surface area (Å²) in [6.45, 7) is 4.17. The number of aromatic nitrogens is 2. The van der Waals surface area contributed by atoms with Crippen LogP contribution in [0.15, 0.2) is 41.5 Å². The first-order valence-corrected chi connectivity index (χ1v) is 8.73. The maximum atomic E-state index is 12.8. The number of aryl methyl sites for hydroxylation is 2. The molecule has 25 heavy (non-hydrogen) atoms. The van der Waals surface area contributed by atoms with Gasteiger partial charge in [-0.25, -0.2) is 0 Å². The first-order valence-electron chi connectivity index (χ1n) is 8.73. The Bertz CT molecular complexity index is 1090. The molecule has 0 saturated heterocycles. The van der Waals surface area contributed by atoms with E-state index >= 15 is 0 Å². The molecule has 5 rings (SSSR count). The Hall–Kier alpha value is -2.88. The monoisotopic (exact) mass is 329 g/mol. The number of carbonyl (C=O) groups excluding carboxylic acids is 1. The number of benzene rings is 1. The number of fused-ring (bicyclic) bond motifs is 2.